The van der Waals surface area contributed by atoms with Crippen LogP contribution in [0.5, 0.6) is 0 Å². The van der Waals surface area contributed by atoms with Gasteiger partial charge in [-0.1, -0.05) is 29.8 Å². The van der Waals surface area contributed by atoms with Crippen LogP contribution in [0.3, 0.4) is 0 Å². The summed E-state index contributed by atoms with van der Waals surface area (Å²) in [6.07, 6.45) is 0.116. The second-order valence-electron chi connectivity index (χ2n) is 6.95. The van der Waals surface area contributed by atoms with Gasteiger partial charge in [0.25, 0.3) is 5.91 Å². The molecule has 0 bridgehead atoms. The Bertz CT molecular complexity index is 875. The molecule has 7 heteroatoms. The summed E-state index contributed by atoms with van der Waals surface area (Å²) in [6, 6.07) is 11.6. The SMILES string of the molecule is Cc1ccc(NC(=O)NC(=O)COC(=O)c2ccc(COC(C)C)cc2)c(C)c1. The van der Waals surface area contributed by atoms with E-state index in [0.717, 1.165) is 16.7 Å². The fourth-order valence-corrected chi connectivity index (χ4v) is 2.48. The zero-order valence-electron chi connectivity index (χ0n) is 17.1. The minimum absolute atomic E-state index is 0.116. The summed E-state index contributed by atoms with van der Waals surface area (Å²) in [5.41, 5.74) is 3.78. The number of imide groups is 1. The van der Waals surface area contributed by atoms with Gasteiger partial charge >= 0.3 is 12.0 Å². The number of carbonyl (C=O) groups excluding carboxylic acids is 3. The first kappa shape index (κ1) is 22.1. The van der Waals surface area contributed by atoms with Crippen molar-refractivity contribution < 1.29 is 23.9 Å². The Morgan fingerprint density at radius 1 is 1.00 bits per heavy atom. The summed E-state index contributed by atoms with van der Waals surface area (Å²) in [4.78, 5) is 35.8. The molecule has 0 aliphatic heterocycles. The molecule has 3 amide bonds. The first-order valence-electron chi connectivity index (χ1n) is 9.30. The summed E-state index contributed by atoms with van der Waals surface area (Å²) in [7, 11) is 0. The van der Waals surface area contributed by atoms with E-state index in [9.17, 15) is 14.4 Å². The molecular formula is C22H26N2O5. The number of rotatable bonds is 7. The summed E-state index contributed by atoms with van der Waals surface area (Å²) in [5, 5.41) is 4.72. The lowest BCUT2D eigenvalue weighted by atomic mass is 10.1. The maximum absolute atomic E-state index is 12.0. The molecule has 2 aromatic carbocycles. The lowest BCUT2D eigenvalue weighted by Crippen LogP contribution is -2.37. The zero-order valence-corrected chi connectivity index (χ0v) is 17.1. The van der Waals surface area contributed by atoms with E-state index in [2.05, 4.69) is 10.6 Å². The quantitative estimate of drug-likeness (QED) is 0.693. The molecule has 7 nitrogen and oxygen atoms in total. The van der Waals surface area contributed by atoms with Crippen molar-refractivity contribution in [3.63, 3.8) is 0 Å². The van der Waals surface area contributed by atoms with E-state index in [0.29, 0.717) is 17.9 Å². The van der Waals surface area contributed by atoms with Gasteiger partial charge in [0.05, 0.1) is 18.3 Å². The van der Waals surface area contributed by atoms with Crippen LogP contribution in [0.2, 0.25) is 0 Å². The first-order valence-corrected chi connectivity index (χ1v) is 9.30. The minimum Gasteiger partial charge on any atom is -0.452 e. The van der Waals surface area contributed by atoms with E-state index >= 15 is 0 Å². The van der Waals surface area contributed by atoms with Crippen molar-refractivity contribution in [2.24, 2.45) is 0 Å². The molecule has 0 radical (unpaired) electrons. The van der Waals surface area contributed by atoms with Gasteiger partial charge in [0, 0.05) is 5.69 Å². The summed E-state index contributed by atoms with van der Waals surface area (Å²) >= 11 is 0. The number of nitrogens with one attached hydrogen (secondary N) is 2. The third-order valence-corrected chi connectivity index (χ3v) is 3.99. The molecule has 2 N–H and O–H groups in total. The fourth-order valence-electron chi connectivity index (χ4n) is 2.48. The highest BCUT2D eigenvalue weighted by Gasteiger charge is 2.13. The molecule has 0 saturated carbocycles. The van der Waals surface area contributed by atoms with Gasteiger partial charge in [0.2, 0.25) is 0 Å². The average Bonchev–Trinajstić information content (AvgIpc) is 2.67. The van der Waals surface area contributed by atoms with Crippen LogP contribution in [0.25, 0.3) is 0 Å². The number of carbonyl (C=O) groups is 3. The van der Waals surface area contributed by atoms with Gasteiger partial charge in [0.1, 0.15) is 0 Å². The van der Waals surface area contributed by atoms with Crippen LogP contribution in [0.15, 0.2) is 42.5 Å². The highest BCUT2D eigenvalue weighted by Crippen LogP contribution is 2.15. The van der Waals surface area contributed by atoms with Crippen LogP contribution < -0.4 is 10.6 Å². The van der Waals surface area contributed by atoms with E-state index in [1.54, 1.807) is 30.3 Å². The van der Waals surface area contributed by atoms with Gasteiger partial charge in [-0.3, -0.25) is 10.1 Å². The number of anilines is 1. The van der Waals surface area contributed by atoms with E-state index in [4.69, 9.17) is 9.47 Å². The molecule has 0 fully saturated rings. The lowest BCUT2D eigenvalue weighted by Gasteiger charge is -2.10. The number of aryl methyl sites for hydroxylation is 2. The Labute approximate surface area is 170 Å². The summed E-state index contributed by atoms with van der Waals surface area (Å²) < 4.78 is 10.4. The van der Waals surface area contributed by atoms with Gasteiger partial charge in [-0.25, -0.2) is 9.59 Å². The molecule has 29 heavy (non-hydrogen) atoms. The van der Waals surface area contributed by atoms with Crippen molar-refractivity contribution in [2.45, 2.75) is 40.4 Å². The van der Waals surface area contributed by atoms with E-state index in [1.165, 1.54) is 0 Å². The Hall–Kier alpha value is -3.19. The second kappa shape index (κ2) is 10.4. The normalized spacial score (nSPS) is 10.5. The van der Waals surface area contributed by atoms with Crippen molar-refractivity contribution in [3.05, 3.63) is 64.7 Å². The molecule has 0 atom stereocenters. The monoisotopic (exact) mass is 398 g/mol. The fraction of sp³-hybridized carbons (Fsp3) is 0.318. The molecule has 0 spiro atoms. The summed E-state index contributed by atoms with van der Waals surface area (Å²) in [6.45, 7) is 7.58. The molecule has 0 heterocycles. The number of ether oxygens (including phenoxy) is 2. The highest BCUT2D eigenvalue weighted by molar-refractivity contribution is 6.02. The molecule has 0 aromatic heterocycles. The van der Waals surface area contributed by atoms with Gasteiger partial charge in [-0.2, -0.15) is 0 Å². The zero-order chi connectivity index (χ0) is 21.4. The number of amides is 3. The molecule has 0 aliphatic rings. The van der Waals surface area contributed by atoms with Gasteiger partial charge in [0.15, 0.2) is 6.61 Å². The Morgan fingerprint density at radius 2 is 1.69 bits per heavy atom. The average molecular weight is 398 g/mol. The predicted molar refractivity (Wildman–Crippen MR) is 110 cm³/mol. The van der Waals surface area contributed by atoms with Crippen molar-refractivity contribution in [1.82, 2.24) is 5.32 Å². The van der Waals surface area contributed by atoms with Crippen LogP contribution in [0, 0.1) is 13.8 Å². The van der Waals surface area contributed by atoms with Crippen LogP contribution in [0.1, 0.15) is 40.9 Å². The van der Waals surface area contributed by atoms with Crippen molar-refractivity contribution >= 4 is 23.6 Å². The van der Waals surface area contributed by atoms with Crippen molar-refractivity contribution in [3.8, 4) is 0 Å². The lowest BCUT2D eigenvalue weighted by molar-refractivity contribution is -0.123. The molecule has 0 aliphatic carbocycles. The topological polar surface area (TPSA) is 93.7 Å². The molecular weight excluding hydrogens is 372 g/mol. The minimum atomic E-state index is -0.720. The van der Waals surface area contributed by atoms with Gasteiger partial charge in [-0.05, 0) is 57.0 Å². The molecule has 2 rings (SSSR count). The van der Waals surface area contributed by atoms with Gasteiger partial charge < -0.3 is 14.8 Å². The first-order chi connectivity index (χ1) is 13.7. The van der Waals surface area contributed by atoms with Crippen LogP contribution in [-0.2, 0) is 20.9 Å². The number of esters is 1. The van der Waals surface area contributed by atoms with E-state index in [-0.39, 0.29) is 6.10 Å². The smallest absolute Gasteiger partial charge is 0.338 e. The Morgan fingerprint density at radius 3 is 2.31 bits per heavy atom. The van der Waals surface area contributed by atoms with Crippen LogP contribution in [0.4, 0.5) is 10.5 Å². The number of benzene rings is 2. The molecule has 0 unspecified atom stereocenters. The summed E-state index contributed by atoms with van der Waals surface area (Å²) in [5.74, 6) is -1.37. The second-order valence-corrected chi connectivity index (χ2v) is 6.95. The maximum Gasteiger partial charge on any atom is 0.338 e. The third-order valence-electron chi connectivity index (χ3n) is 3.99. The highest BCUT2D eigenvalue weighted by atomic mass is 16.5. The molecule has 154 valence electrons. The maximum atomic E-state index is 12.0. The van der Waals surface area contributed by atoms with Crippen LogP contribution in [-0.4, -0.2) is 30.6 Å². The number of urea groups is 1. The third kappa shape index (κ3) is 7.38. The van der Waals surface area contributed by atoms with Crippen molar-refractivity contribution in [1.29, 1.82) is 0 Å². The van der Waals surface area contributed by atoms with Crippen LogP contribution >= 0.6 is 0 Å². The van der Waals surface area contributed by atoms with Crippen molar-refractivity contribution in [2.75, 3.05) is 11.9 Å². The number of hydrogen-bond donors (Lipinski definition) is 2. The standard InChI is InChI=1S/C22H26N2O5/c1-14(2)28-12-17-6-8-18(9-7-17)21(26)29-13-20(25)24-22(27)23-19-10-5-15(3)11-16(19)4/h5-11,14H,12-13H2,1-4H3,(H2,23,24,25,27). The number of hydrogen-bond acceptors (Lipinski definition) is 5. The predicted octanol–water partition coefficient (Wildman–Crippen LogP) is 3.73. The van der Waals surface area contributed by atoms with E-state index < -0.39 is 24.5 Å². The molecule has 2 aromatic rings. The van der Waals surface area contributed by atoms with Gasteiger partial charge in [-0.15, -0.1) is 0 Å². The Kier molecular flexibility index (Phi) is 7.91. The Balaban J connectivity index is 1.79. The largest absolute Gasteiger partial charge is 0.452 e. The van der Waals surface area contributed by atoms with E-state index in [1.807, 2.05) is 39.8 Å². The molecule has 0 saturated heterocycles.